The van der Waals surface area contributed by atoms with Gasteiger partial charge in [-0.05, 0) is 26.0 Å². The van der Waals surface area contributed by atoms with Crippen LogP contribution in [-0.2, 0) is 14.2 Å². The third-order valence-electron chi connectivity index (χ3n) is 4.94. The summed E-state index contributed by atoms with van der Waals surface area (Å²) in [5.74, 6) is 0.385. The molecule has 28 heavy (non-hydrogen) atoms. The summed E-state index contributed by atoms with van der Waals surface area (Å²) in [4.78, 5) is 12.6. The first-order valence-electron chi connectivity index (χ1n) is 9.14. The van der Waals surface area contributed by atoms with E-state index in [-0.39, 0.29) is 18.3 Å². The molecule has 2 N–H and O–H groups in total. The summed E-state index contributed by atoms with van der Waals surface area (Å²) in [7, 11) is 0. The van der Waals surface area contributed by atoms with E-state index in [0.717, 1.165) is 5.75 Å². The van der Waals surface area contributed by atoms with E-state index in [9.17, 15) is 0 Å². The largest absolute Gasteiger partial charge is 0.491 e. The van der Waals surface area contributed by atoms with Crippen molar-refractivity contribution in [1.29, 1.82) is 0 Å². The number of ether oxygens (including phenoxy) is 4. The maximum Gasteiger partial charge on any atom is 0.167 e. The topological polar surface area (TPSA) is 107 Å². The van der Waals surface area contributed by atoms with E-state index in [2.05, 4.69) is 15.0 Å². The second kappa shape index (κ2) is 6.40. The molecule has 1 aromatic carbocycles. The molecule has 0 amide bonds. The van der Waals surface area contributed by atoms with Crippen LogP contribution < -0.4 is 10.5 Å². The number of hydrogen-bond acceptors (Lipinski definition) is 8. The van der Waals surface area contributed by atoms with Crippen molar-refractivity contribution in [2.24, 2.45) is 0 Å². The summed E-state index contributed by atoms with van der Waals surface area (Å²) < 4.78 is 26.3. The molecule has 2 aliphatic rings. The van der Waals surface area contributed by atoms with Crippen molar-refractivity contribution < 1.29 is 18.9 Å². The lowest BCUT2D eigenvalue weighted by Crippen LogP contribution is -2.33. The number of imidazole rings is 1. The molecule has 0 bridgehead atoms. The minimum Gasteiger partial charge on any atom is -0.491 e. The van der Waals surface area contributed by atoms with Crippen LogP contribution >= 0.6 is 0 Å². The lowest BCUT2D eigenvalue weighted by Gasteiger charge is -2.24. The van der Waals surface area contributed by atoms with Gasteiger partial charge in [-0.1, -0.05) is 18.2 Å². The van der Waals surface area contributed by atoms with Gasteiger partial charge in [0.25, 0.3) is 0 Å². The number of rotatable bonds is 4. The predicted molar refractivity (Wildman–Crippen MR) is 99.4 cm³/mol. The standard InChI is InChI=1S/C19H21N5O4/c1-19(2)27-14-12(8-25-11-6-4-3-5-7-11)26-18(15(14)28-19)24-10-23-13-16(20)21-9-22-17(13)24/h3-7,9-10,12,14-15,18H,8H2,1-2H3,(H2,20,21,22). The molecular formula is C19H21N5O4. The first kappa shape index (κ1) is 17.4. The Balaban J connectivity index is 1.44. The minimum absolute atomic E-state index is 0.277. The van der Waals surface area contributed by atoms with E-state index >= 15 is 0 Å². The zero-order valence-corrected chi connectivity index (χ0v) is 15.6. The number of aromatic nitrogens is 4. The van der Waals surface area contributed by atoms with E-state index in [1.54, 1.807) is 6.33 Å². The van der Waals surface area contributed by atoms with Crippen molar-refractivity contribution in [2.45, 2.75) is 44.2 Å². The Morgan fingerprint density at radius 1 is 1.11 bits per heavy atom. The van der Waals surface area contributed by atoms with Crippen molar-refractivity contribution in [3.8, 4) is 5.75 Å². The van der Waals surface area contributed by atoms with E-state index < -0.39 is 12.0 Å². The quantitative estimate of drug-likeness (QED) is 0.728. The number of nitrogens with two attached hydrogens (primary N) is 1. The zero-order valence-electron chi connectivity index (χ0n) is 15.6. The average molecular weight is 383 g/mol. The van der Waals surface area contributed by atoms with Gasteiger partial charge in [0.15, 0.2) is 23.5 Å². The summed E-state index contributed by atoms with van der Waals surface area (Å²) in [5, 5.41) is 0. The van der Waals surface area contributed by atoms with Crippen LogP contribution in [-0.4, -0.2) is 50.2 Å². The third kappa shape index (κ3) is 2.88. The first-order valence-corrected chi connectivity index (χ1v) is 9.14. The number of nitrogens with zero attached hydrogens (tertiary/aromatic N) is 4. The van der Waals surface area contributed by atoms with Gasteiger partial charge in [0.2, 0.25) is 0 Å². The van der Waals surface area contributed by atoms with Gasteiger partial charge in [0, 0.05) is 0 Å². The fourth-order valence-corrected chi connectivity index (χ4v) is 3.77. The fourth-order valence-electron chi connectivity index (χ4n) is 3.77. The maximum absolute atomic E-state index is 6.28. The minimum atomic E-state index is -0.716. The highest BCUT2D eigenvalue weighted by molar-refractivity contribution is 5.81. The van der Waals surface area contributed by atoms with E-state index in [0.29, 0.717) is 23.6 Å². The van der Waals surface area contributed by atoms with Gasteiger partial charge in [0.05, 0.1) is 6.33 Å². The van der Waals surface area contributed by atoms with Crippen LogP contribution in [0.1, 0.15) is 20.1 Å². The number of benzene rings is 1. The van der Waals surface area contributed by atoms with Crippen LogP contribution in [0.4, 0.5) is 5.82 Å². The molecule has 2 aliphatic heterocycles. The molecule has 4 unspecified atom stereocenters. The molecule has 5 rings (SSSR count). The highest BCUT2D eigenvalue weighted by atomic mass is 16.8. The Morgan fingerprint density at radius 2 is 1.89 bits per heavy atom. The Morgan fingerprint density at radius 3 is 2.71 bits per heavy atom. The van der Waals surface area contributed by atoms with Crippen molar-refractivity contribution in [3.63, 3.8) is 0 Å². The average Bonchev–Trinajstić information content (AvgIpc) is 3.33. The number of fused-ring (bicyclic) bond motifs is 2. The Labute approximate surface area is 161 Å². The van der Waals surface area contributed by atoms with Gasteiger partial charge in [-0.2, -0.15) is 0 Å². The molecule has 2 aromatic heterocycles. The monoisotopic (exact) mass is 383 g/mol. The van der Waals surface area contributed by atoms with Gasteiger partial charge < -0.3 is 24.7 Å². The van der Waals surface area contributed by atoms with E-state index in [1.807, 2.05) is 48.7 Å². The fraction of sp³-hybridized carbons (Fsp3) is 0.421. The summed E-state index contributed by atoms with van der Waals surface area (Å²) in [5.41, 5.74) is 7.04. The molecule has 4 atom stereocenters. The van der Waals surface area contributed by atoms with E-state index in [1.165, 1.54) is 6.33 Å². The van der Waals surface area contributed by atoms with Crippen molar-refractivity contribution in [3.05, 3.63) is 43.0 Å². The van der Waals surface area contributed by atoms with Crippen LogP contribution in [0.2, 0.25) is 0 Å². The van der Waals surface area contributed by atoms with Gasteiger partial charge in [0.1, 0.15) is 42.5 Å². The molecule has 2 fully saturated rings. The smallest absolute Gasteiger partial charge is 0.167 e. The number of hydrogen-bond donors (Lipinski definition) is 1. The number of para-hydroxylation sites is 1. The van der Waals surface area contributed by atoms with Crippen LogP contribution in [0.25, 0.3) is 11.2 Å². The summed E-state index contributed by atoms with van der Waals surface area (Å²) >= 11 is 0. The van der Waals surface area contributed by atoms with E-state index in [4.69, 9.17) is 24.7 Å². The summed E-state index contributed by atoms with van der Waals surface area (Å²) in [6, 6.07) is 9.61. The van der Waals surface area contributed by atoms with Crippen LogP contribution in [0, 0.1) is 0 Å². The third-order valence-corrected chi connectivity index (χ3v) is 4.94. The molecule has 9 nitrogen and oxygen atoms in total. The Bertz CT molecular complexity index is 992. The lowest BCUT2D eigenvalue weighted by atomic mass is 10.1. The van der Waals surface area contributed by atoms with Gasteiger partial charge in [-0.15, -0.1) is 0 Å². The molecule has 2 saturated heterocycles. The molecular weight excluding hydrogens is 362 g/mol. The van der Waals surface area contributed by atoms with Crippen LogP contribution in [0.3, 0.4) is 0 Å². The lowest BCUT2D eigenvalue weighted by molar-refractivity contribution is -0.198. The second-order valence-electron chi connectivity index (χ2n) is 7.34. The predicted octanol–water partition coefficient (Wildman–Crippen LogP) is 1.90. The zero-order chi connectivity index (χ0) is 19.3. The molecule has 0 aliphatic carbocycles. The van der Waals surface area contributed by atoms with Gasteiger partial charge >= 0.3 is 0 Å². The van der Waals surface area contributed by atoms with Crippen molar-refractivity contribution in [1.82, 2.24) is 19.5 Å². The van der Waals surface area contributed by atoms with Gasteiger partial charge in [-0.3, -0.25) is 4.57 Å². The normalized spacial score (nSPS) is 28.5. The molecule has 146 valence electrons. The van der Waals surface area contributed by atoms with Crippen molar-refractivity contribution >= 4 is 17.0 Å². The highest BCUT2D eigenvalue weighted by Crippen LogP contribution is 2.43. The molecule has 9 heteroatoms. The van der Waals surface area contributed by atoms with Crippen molar-refractivity contribution in [2.75, 3.05) is 12.3 Å². The second-order valence-corrected chi connectivity index (χ2v) is 7.34. The molecule has 0 saturated carbocycles. The molecule has 0 radical (unpaired) electrons. The number of nitrogen functional groups attached to an aromatic ring is 1. The Hall–Kier alpha value is -2.75. The molecule has 3 aromatic rings. The summed E-state index contributed by atoms with van der Waals surface area (Å²) in [6.45, 7) is 4.12. The highest BCUT2D eigenvalue weighted by Gasteiger charge is 2.56. The van der Waals surface area contributed by atoms with Crippen LogP contribution in [0.5, 0.6) is 5.75 Å². The van der Waals surface area contributed by atoms with Crippen LogP contribution in [0.15, 0.2) is 43.0 Å². The maximum atomic E-state index is 6.28. The Kier molecular flexibility index (Phi) is 3.97. The molecule has 0 spiro atoms. The van der Waals surface area contributed by atoms with Gasteiger partial charge in [-0.25, -0.2) is 15.0 Å². The molecule has 4 heterocycles. The summed E-state index contributed by atoms with van der Waals surface area (Å²) in [6.07, 6.45) is 1.68. The SMILES string of the molecule is CC1(C)OC2C(COc3ccccc3)OC(n3cnc4c(N)ncnc43)C2O1. The number of anilines is 1. The first-order chi connectivity index (χ1) is 13.5.